The van der Waals surface area contributed by atoms with Crippen LogP contribution in [0.1, 0.15) is 38.5 Å². The van der Waals surface area contributed by atoms with Crippen LogP contribution in [0.4, 0.5) is 0 Å². The lowest BCUT2D eigenvalue weighted by atomic mass is 9.83. The lowest BCUT2D eigenvalue weighted by molar-refractivity contribution is 0.0631. The van der Waals surface area contributed by atoms with Gasteiger partial charge in [-0.1, -0.05) is 12.8 Å². The largest absolute Gasteiger partial charge is 0.393 e. The Morgan fingerprint density at radius 3 is 2.58 bits per heavy atom. The molecule has 0 aromatic carbocycles. The van der Waals surface area contributed by atoms with E-state index in [0.29, 0.717) is 12.0 Å². The molecule has 0 aromatic heterocycles. The van der Waals surface area contributed by atoms with E-state index in [1.165, 1.54) is 32.1 Å². The summed E-state index contributed by atoms with van der Waals surface area (Å²) in [5.41, 5.74) is 0. The van der Waals surface area contributed by atoms with Crippen molar-refractivity contribution >= 4 is 0 Å². The number of rotatable bonds is 3. The van der Waals surface area contributed by atoms with Gasteiger partial charge >= 0.3 is 0 Å². The molecule has 0 spiro atoms. The first-order valence-electron chi connectivity index (χ1n) is 5.16. The minimum absolute atomic E-state index is 0.0162. The molecule has 2 aliphatic rings. The second-order valence-corrected chi connectivity index (χ2v) is 4.14. The van der Waals surface area contributed by atoms with Gasteiger partial charge < -0.3 is 9.84 Å². The molecular weight excluding hydrogens is 152 g/mol. The quantitative estimate of drug-likeness (QED) is 0.654. The minimum Gasteiger partial charge on any atom is -0.393 e. The summed E-state index contributed by atoms with van der Waals surface area (Å²) in [7, 11) is 0. The molecule has 70 valence electrons. The number of epoxide rings is 1. The van der Waals surface area contributed by atoms with Crippen molar-refractivity contribution in [2.45, 2.75) is 50.7 Å². The molecular formula is C10H18O2. The zero-order valence-corrected chi connectivity index (χ0v) is 7.54. The van der Waals surface area contributed by atoms with Gasteiger partial charge in [-0.15, -0.1) is 0 Å². The van der Waals surface area contributed by atoms with E-state index in [1.54, 1.807) is 0 Å². The van der Waals surface area contributed by atoms with Gasteiger partial charge in [-0.2, -0.15) is 0 Å². The highest BCUT2D eigenvalue weighted by Gasteiger charge is 2.27. The van der Waals surface area contributed by atoms with Crippen molar-refractivity contribution in [3.05, 3.63) is 0 Å². The fourth-order valence-electron chi connectivity index (χ4n) is 2.16. The van der Waals surface area contributed by atoms with Crippen molar-refractivity contribution < 1.29 is 9.84 Å². The summed E-state index contributed by atoms with van der Waals surface area (Å²) >= 11 is 0. The Morgan fingerprint density at radius 1 is 1.17 bits per heavy atom. The maximum atomic E-state index is 9.66. The van der Waals surface area contributed by atoms with Crippen LogP contribution in [0.15, 0.2) is 0 Å². The predicted octanol–water partition coefficient (Wildman–Crippen LogP) is 1.72. The molecule has 0 bridgehead atoms. The normalized spacial score (nSPS) is 41.2. The molecule has 1 heterocycles. The zero-order valence-electron chi connectivity index (χ0n) is 7.54. The third kappa shape index (κ3) is 2.20. The molecule has 12 heavy (non-hydrogen) atoms. The maximum absolute atomic E-state index is 9.66. The van der Waals surface area contributed by atoms with Gasteiger partial charge in [0.1, 0.15) is 0 Å². The van der Waals surface area contributed by atoms with Crippen LogP contribution in [0, 0.1) is 5.92 Å². The molecule has 1 saturated carbocycles. The smallest absolute Gasteiger partial charge is 0.0810 e. The number of ether oxygens (including phenoxy) is 1. The first-order valence-corrected chi connectivity index (χ1v) is 5.16. The van der Waals surface area contributed by atoms with Crippen molar-refractivity contribution in [2.24, 2.45) is 5.92 Å². The molecule has 1 aliphatic carbocycles. The third-order valence-corrected chi connectivity index (χ3v) is 3.13. The van der Waals surface area contributed by atoms with Crippen molar-refractivity contribution in [3.63, 3.8) is 0 Å². The van der Waals surface area contributed by atoms with Gasteiger partial charge in [-0.3, -0.25) is 0 Å². The molecule has 3 atom stereocenters. The summed E-state index contributed by atoms with van der Waals surface area (Å²) in [6.07, 6.45) is 7.65. The Kier molecular flexibility index (Phi) is 2.66. The highest BCUT2D eigenvalue weighted by molar-refractivity contribution is 4.78. The predicted molar refractivity (Wildman–Crippen MR) is 46.9 cm³/mol. The summed E-state index contributed by atoms with van der Waals surface area (Å²) in [5, 5.41) is 9.66. The highest BCUT2D eigenvalue weighted by atomic mass is 16.6. The van der Waals surface area contributed by atoms with E-state index < -0.39 is 0 Å². The van der Waals surface area contributed by atoms with Crippen molar-refractivity contribution in [1.29, 1.82) is 0 Å². The van der Waals surface area contributed by atoms with E-state index in [-0.39, 0.29) is 6.10 Å². The third-order valence-electron chi connectivity index (χ3n) is 3.13. The Bertz CT molecular complexity index is 143. The second kappa shape index (κ2) is 3.75. The van der Waals surface area contributed by atoms with E-state index >= 15 is 0 Å². The number of hydrogen-bond donors (Lipinski definition) is 1. The molecule has 1 saturated heterocycles. The van der Waals surface area contributed by atoms with Gasteiger partial charge in [-0.25, -0.2) is 0 Å². The van der Waals surface area contributed by atoms with E-state index in [9.17, 15) is 5.11 Å². The fourth-order valence-corrected chi connectivity index (χ4v) is 2.16. The van der Waals surface area contributed by atoms with E-state index in [4.69, 9.17) is 4.74 Å². The Balaban J connectivity index is 1.68. The minimum atomic E-state index is -0.0162. The molecule has 2 fully saturated rings. The topological polar surface area (TPSA) is 32.8 Å². The lowest BCUT2D eigenvalue weighted by Gasteiger charge is -2.27. The van der Waals surface area contributed by atoms with Crippen LogP contribution in [-0.4, -0.2) is 23.9 Å². The van der Waals surface area contributed by atoms with Gasteiger partial charge in [0.15, 0.2) is 0 Å². The average molecular weight is 170 g/mol. The molecule has 2 heteroatoms. The summed E-state index contributed by atoms with van der Waals surface area (Å²) < 4.78 is 5.15. The number of hydrogen-bond acceptors (Lipinski definition) is 2. The Labute approximate surface area is 73.9 Å². The highest BCUT2D eigenvalue weighted by Crippen LogP contribution is 2.30. The Hall–Kier alpha value is -0.0800. The number of aliphatic hydroxyl groups excluding tert-OH is 1. The molecule has 1 aliphatic heterocycles. The van der Waals surface area contributed by atoms with E-state index in [0.717, 1.165) is 13.0 Å². The monoisotopic (exact) mass is 170 g/mol. The van der Waals surface area contributed by atoms with E-state index in [2.05, 4.69) is 0 Å². The SMILES string of the molecule is O[C@@H]1CCCC[C@H]1CCC1CO1. The molecule has 2 rings (SSSR count). The number of aliphatic hydroxyl groups is 1. The lowest BCUT2D eigenvalue weighted by Crippen LogP contribution is -2.24. The summed E-state index contributed by atoms with van der Waals surface area (Å²) in [6.45, 7) is 0.961. The van der Waals surface area contributed by atoms with Gasteiger partial charge in [0.2, 0.25) is 0 Å². The second-order valence-electron chi connectivity index (χ2n) is 4.14. The zero-order chi connectivity index (χ0) is 8.39. The van der Waals surface area contributed by atoms with Gasteiger partial charge in [0.05, 0.1) is 18.8 Å². The molecule has 1 unspecified atom stereocenters. The van der Waals surface area contributed by atoms with Crippen LogP contribution in [-0.2, 0) is 4.74 Å². The Morgan fingerprint density at radius 2 is 1.92 bits per heavy atom. The van der Waals surface area contributed by atoms with Crippen molar-refractivity contribution in [1.82, 2.24) is 0 Å². The van der Waals surface area contributed by atoms with Gasteiger partial charge in [0, 0.05) is 0 Å². The van der Waals surface area contributed by atoms with Gasteiger partial charge in [-0.05, 0) is 31.6 Å². The summed E-state index contributed by atoms with van der Waals surface area (Å²) in [4.78, 5) is 0. The van der Waals surface area contributed by atoms with Crippen LogP contribution in [0.5, 0.6) is 0 Å². The molecule has 0 aromatic rings. The standard InChI is InChI=1S/C10H18O2/c11-10-4-2-1-3-8(10)5-6-9-7-12-9/h8-11H,1-7H2/t8-,9?,10+/m0/s1. The van der Waals surface area contributed by atoms with Crippen LogP contribution < -0.4 is 0 Å². The molecule has 0 amide bonds. The maximum Gasteiger partial charge on any atom is 0.0810 e. The summed E-state index contributed by atoms with van der Waals surface area (Å²) in [5.74, 6) is 0.572. The average Bonchev–Trinajstić information content (AvgIpc) is 2.86. The van der Waals surface area contributed by atoms with Crippen LogP contribution in [0.2, 0.25) is 0 Å². The van der Waals surface area contributed by atoms with E-state index in [1.807, 2.05) is 0 Å². The van der Waals surface area contributed by atoms with Crippen LogP contribution in [0.25, 0.3) is 0 Å². The molecule has 2 nitrogen and oxygen atoms in total. The van der Waals surface area contributed by atoms with Gasteiger partial charge in [0.25, 0.3) is 0 Å². The van der Waals surface area contributed by atoms with Crippen molar-refractivity contribution in [3.8, 4) is 0 Å². The fraction of sp³-hybridized carbons (Fsp3) is 1.00. The first kappa shape index (κ1) is 8.52. The van der Waals surface area contributed by atoms with Crippen LogP contribution >= 0.6 is 0 Å². The summed E-state index contributed by atoms with van der Waals surface area (Å²) in [6, 6.07) is 0. The molecule has 1 N–H and O–H groups in total. The van der Waals surface area contributed by atoms with Crippen LogP contribution in [0.3, 0.4) is 0 Å². The van der Waals surface area contributed by atoms with Crippen molar-refractivity contribution in [2.75, 3.05) is 6.61 Å². The molecule has 0 radical (unpaired) electrons. The first-order chi connectivity index (χ1) is 5.86.